The number of aliphatic hydroxyl groups excluding tert-OH is 1. The summed E-state index contributed by atoms with van der Waals surface area (Å²) >= 11 is 0. The minimum absolute atomic E-state index is 0.0597. The van der Waals surface area contributed by atoms with Crippen molar-refractivity contribution in [3.05, 3.63) is 82.7 Å². The number of nitrogens with zero attached hydrogens (tertiary/aromatic N) is 4. The van der Waals surface area contributed by atoms with Gasteiger partial charge in [0.15, 0.2) is 23.3 Å². The van der Waals surface area contributed by atoms with E-state index in [2.05, 4.69) is 10.1 Å². The van der Waals surface area contributed by atoms with E-state index in [4.69, 9.17) is 9.57 Å². The van der Waals surface area contributed by atoms with E-state index >= 15 is 0 Å². The molecule has 1 saturated heterocycles. The van der Waals surface area contributed by atoms with Crippen LogP contribution in [-0.2, 0) is 10.6 Å². The normalized spacial score (nSPS) is 21.2. The molecule has 2 aromatic carbocycles. The van der Waals surface area contributed by atoms with Crippen LogP contribution < -0.4 is 4.74 Å². The van der Waals surface area contributed by atoms with Crippen LogP contribution in [0.5, 0.6) is 5.75 Å². The monoisotopic (exact) mass is 498 g/mol. The number of hydrogen-bond acceptors (Lipinski definition) is 6. The van der Waals surface area contributed by atoms with Gasteiger partial charge in [-0.2, -0.15) is 0 Å². The summed E-state index contributed by atoms with van der Waals surface area (Å²) in [6.45, 7) is 3.77. The van der Waals surface area contributed by atoms with Crippen molar-refractivity contribution >= 4 is 11.9 Å². The summed E-state index contributed by atoms with van der Waals surface area (Å²) in [7, 11) is 1.59. The first-order valence-electron chi connectivity index (χ1n) is 11.5. The Hall–Kier alpha value is -3.79. The van der Waals surface area contributed by atoms with E-state index in [1.54, 1.807) is 18.3 Å². The maximum absolute atomic E-state index is 14.1. The molecule has 2 unspecified atom stereocenters. The highest BCUT2D eigenvalue weighted by atomic mass is 19.2. The number of fused-ring (bicyclic) bond motifs is 1. The third kappa shape index (κ3) is 3.81. The molecule has 2 atom stereocenters. The minimum Gasteiger partial charge on any atom is -0.495 e. The molecule has 0 bridgehead atoms. The molecule has 0 radical (unpaired) electrons. The number of ether oxygens (including phenoxy) is 1. The molecule has 7 nitrogen and oxygen atoms in total. The maximum atomic E-state index is 14.1. The minimum atomic E-state index is -1.69. The first kappa shape index (κ1) is 23.9. The Labute approximate surface area is 206 Å². The van der Waals surface area contributed by atoms with E-state index in [9.17, 15) is 18.3 Å². The van der Waals surface area contributed by atoms with Crippen molar-refractivity contribution in [2.45, 2.75) is 38.5 Å². The van der Waals surface area contributed by atoms with Crippen molar-refractivity contribution in [1.82, 2.24) is 14.5 Å². The Bertz CT molecular complexity index is 1360. The average molecular weight is 499 g/mol. The molecule has 36 heavy (non-hydrogen) atoms. The number of oxime groups is 1. The van der Waals surface area contributed by atoms with Crippen molar-refractivity contribution in [3.8, 4) is 11.4 Å². The third-order valence-electron chi connectivity index (χ3n) is 6.54. The van der Waals surface area contributed by atoms with Gasteiger partial charge in [-0.05, 0) is 68.2 Å². The van der Waals surface area contributed by atoms with Gasteiger partial charge in [-0.3, -0.25) is 0 Å². The van der Waals surface area contributed by atoms with Crippen LogP contribution in [0.4, 0.5) is 13.2 Å². The van der Waals surface area contributed by atoms with E-state index in [1.165, 1.54) is 6.92 Å². The largest absolute Gasteiger partial charge is 0.495 e. The molecule has 188 valence electrons. The summed E-state index contributed by atoms with van der Waals surface area (Å²) < 4.78 is 49.3. The Morgan fingerprint density at radius 1 is 1.19 bits per heavy atom. The number of aliphatic hydroxyl groups is 1. The number of hydrogen-bond donors (Lipinski definition) is 1. The summed E-state index contributed by atoms with van der Waals surface area (Å²) in [4.78, 5) is 11.7. The first-order valence-corrected chi connectivity index (χ1v) is 11.5. The Balaban J connectivity index is 1.51. The average Bonchev–Trinajstić information content (AvgIpc) is 3.47. The lowest BCUT2D eigenvalue weighted by atomic mass is 9.91. The number of piperidine rings is 1. The molecule has 1 aromatic heterocycles. The van der Waals surface area contributed by atoms with Crippen molar-refractivity contribution in [2.24, 2.45) is 5.16 Å². The molecule has 10 heteroatoms. The zero-order valence-electron chi connectivity index (χ0n) is 20.0. The van der Waals surface area contributed by atoms with Gasteiger partial charge in [0.2, 0.25) is 0 Å². The molecule has 1 fully saturated rings. The van der Waals surface area contributed by atoms with E-state index < -0.39 is 29.3 Å². The van der Waals surface area contributed by atoms with Gasteiger partial charge in [-0.15, -0.1) is 0 Å². The lowest BCUT2D eigenvalue weighted by Crippen LogP contribution is -2.55. The highest BCUT2D eigenvalue weighted by Gasteiger charge is 2.53. The maximum Gasteiger partial charge on any atom is 0.263 e. The molecule has 2 aliphatic heterocycles. The van der Waals surface area contributed by atoms with Gasteiger partial charge in [0.1, 0.15) is 11.9 Å². The van der Waals surface area contributed by atoms with E-state index in [0.29, 0.717) is 31.0 Å². The molecule has 0 amide bonds. The molecule has 3 heterocycles. The summed E-state index contributed by atoms with van der Waals surface area (Å²) in [5, 5.41) is 14.9. The summed E-state index contributed by atoms with van der Waals surface area (Å²) in [6.07, 6.45) is 5.66. The molecule has 0 spiro atoms. The second-order valence-electron chi connectivity index (χ2n) is 8.91. The van der Waals surface area contributed by atoms with E-state index in [-0.39, 0.29) is 5.56 Å². The highest BCUT2D eigenvalue weighted by molar-refractivity contribution is 6.03. The number of aromatic nitrogens is 2. The van der Waals surface area contributed by atoms with Gasteiger partial charge >= 0.3 is 0 Å². The number of methoxy groups -OCH3 is 1. The van der Waals surface area contributed by atoms with Crippen LogP contribution in [0.3, 0.4) is 0 Å². The molecule has 5 rings (SSSR count). The molecule has 1 N–H and O–H groups in total. The topological polar surface area (TPSA) is 72.1 Å². The molecule has 0 saturated carbocycles. The van der Waals surface area contributed by atoms with Crippen LogP contribution >= 0.6 is 0 Å². The van der Waals surface area contributed by atoms with Crippen LogP contribution in [0.25, 0.3) is 11.8 Å². The first-order chi connectivity index (χ1) is 17.2. The highest BCUT2D eigenvalue weighted by Crippen LogP contribution is 2.43. The zero-order valence-corrected chi connectivity index (χ0v) is 20.0. The fraction of sp³-hybridized carbons (Fsp3) is 0.308. The lowest BCUT2D eigenvalue weighted by molar-refractivity contribution is -0.173. The van der Waals surface area contributed by atoms with Gasteiger partial charge in [0.05, 0.1) is 24.8 Å². The number of amidine groups is 1. The van der Waals surface area contributed by atoms with Gasteiger partial charge in [0.25, 0.3) is 5.72 Å². The van der Waals surface area contributed by atoms with Crippen LogP contribution in [0.15, 0.2) is 53.6 Å². The zero-order chi connectivity index (χ0) is 25.6. The van der Waals surface area contributed by atoms with Crippen molar-refractivity contribution in [1.29, 1.82) is 0 Å². The molecular weight excluding hydrogens is 473 g/mol. The van der Waals surface area contributed by atoms with Gasteiger partial charge < -0.3 is 24.1 Å². The molecule has 0 aliphatic carbocycles. The predicted octanol–water partition coefficient (Wildman–Crippen LogP) is 4.66. The number of rotatable bonds is 5. The van der Waals surface area contributed by atoms with Crippen LogP contribution in [0.1, 0.15) is 36.6 Å². The number of aryl methyl sites for hydroxylation is 1. The van der Waals surface area contributed by atoms with Crippen molar-refractivity contribution < 1.29 is 27.9 Å². The second-order valence-corrected chi connectivity index (χ2v) is 8.91. The summed E-state index contributed by atoms with van der Waals surface area (Å²) in [6, 6.07) is 7.41. The van der Waals surface area contributed by atoms with Crippen LogP contribution in [0, 0.1) is 24.4 Å². The smallest absolute Gasteiger partial charge is 0.263 e. The fourth-order valence-electron chi connectivity index (χ4n) is 4.81. The van der Waals surface area contributed by atoms with Crippen LogP contribution in [-0.4, -0.2) is 45.2 Å². The fourth-order valence-corrected chi connectivity index (χ4v) is 4.81. The molecule has 3 aromatic rings. The van der Waals surface area contributed by atoms with E-state index in [0.717, 1.165) is 34.7 Å². The predicted molar refractivity (Wildman–Crippen MR) is 127 cm³/mol. The molecule has 2 aliphatic rings. The SMILES string of the molecule is COc1cc(/C=C2\CCCN3C2=NOC3(c2cc(F)c(F)c(F)c2)C(C)O)ccc1-n1cnc(C)c1. The summed E-state index contributed by atoms with van der Waals surface area (Å²) in [5.74, 6) is -3.22. The van der Waals surface area contributed by atoms with Crippen LogP contribution in [0.2, 0.25) is 0 Å². The van der Waals surface area contributed by atoms with Gasteiger partial charge in [-0.1, -0.05) is 11.2 Å². The van der Waals surface area contributed by atoms with Gasteiger partial charge in [0, 0.05) is 18.3 Å². The molecular formula is C26H25F3N4O3. The standard InChI is InChI=1S/C26H25F3N4O3/c1-15-13-32(14-30-15)22-7-6-17(10-23(22)35-3)9-18-5-4-8-33-25(18)31-36-26(33,16(2)34)19-11-20(27)24(29)21(28)12-19/h6-7,9-14,16,34H,4-5,8H2,1-3H3/b18-9+. The Morgan fingerprint density at radius 2 is 1.94 bits per heavy atom. The third-order valence-corrected chi connectivity index (χ3v) is 6.54. The second kappa shape index (κ2) is 9.02. The number of imidazole rings is 1. The quantitative estimate of drug-likeness (QED) is 0.518. The Morgan fingerprint density at radius 3 is 2.58 bits per heavy atom. The van der Waals surface area contributed by atoms with Crippen molar-refractivity contribution in [3.63, 3.8) is 0 Å². The number of benzene rings is 2. The van der Waals surface area contributed by atoms with Gasteiger partial charge in [-0.25, -0.2) is 18.2 Å². The van der Waals surface area contributed by atoms with E-state index in [1.807, 2.05) is 42.0 Å². The number of halogens is 3. The lowest BCUT2D eigenvalue weighted by Gasteiger charge is -2.41. The summed E-state index contributed by atoms with van der Waals surface area (Å²) in [5.41, 5.74) is 1.63. The Kier molecular flexibility index (Phi) is 5.99. The van der Waals surface area contributed by atoms with Crippen molar-refractivity contribution in [2.75, 3.05) is 13.7 Å².